The summed E-state index contributed by atoms with van der Waals surface area (Å²) in [5, 5.41) is 20.8. The Balaban J connectivity index is 0.000000526. The quantitative estimate of drug-likeness (QED) is 0.151. The standard InChI is InChI=1S/C22H30N6O4S.C3H9NO2.H2O4S/c1-5-7-17-19-20(27(4)25-17)22(29)24-21(23-19)16-14-15(8-9-18(16)32-6-2)33(30,31)28-12-10-26(3)11-13-28;4-1-3(6)2-5;1-5(2,3)4/h8-9,14H,5-7,10-13H2,1-4H3,(H,23,24,29);3,5-6H,1-2,4H2;(H2,1,2,3,4)/p-2. The maximum atomic E-state index is 13.3. The number of aryl methyl sites for hydroxylation is 2. The average molecular weight is 662 g/mol. The Hall–Kier alpha value is -3.01. The Labute approximate surface area is 255 Å². The molecule has 248 valence electrons. The number of piperazine rings is 1. The molecule has 2 aromatic heterocycles. The van der Waals surface area contributed by atoms with Crippen LogP contribution >= 0.6 is 0 Å². The molecule has 1 aliphatic heterocycles. The second-order valence-electron chi connectivity index (χ2n) is 9.71. The van der Waals surface area contributed by atoms with Crippen molar-refractivity contribution in [1.82, 2.24) is 29.0 Å². The van der Waals surface area contributed by atoms with Crippen molar-refractivity contribution in [3.05, 3.63) is 34.2 Å². The fraction of sp³-hybridized carbons (Fsp3) is 0.560. The summed E-state index contributed by atoms with van der Waals surface area (Å²) in [5.74, 6) is 0.718. The molecule has 0 spiro atoms. The Morgan fingerprint density at radius 3 is 2.23 bits per heavy atom. The Bertz CT molecular complexity index is 1640. The third-order valence-electron chi connectivity index (χ3n) is 6.34. The van der Waals surface area contributed by atoms with E-state index >= 15 is 0 Å². The summed E-state index contributed by atoms with van der Waals surface area (Å²) in [7, 11) is -5.17. The fourth-order valence-electron chi connectivity index (χ4n) is 4.17. The van der Waals surface area contributed by atoms with Crippen LogP contribution in [-0.2, 0) is 33.9 Å². The number of hydrogen-bond acceptors (Lipinski definition) is 14. The van der Waals surface area contributed by atoms with E-state index < -0.39 is 26.5 Å². The molecule has 17 nitrogen and oxygen atoms in total. The number of benzene rings is 1. The van der Waals surface area contributed by atoms with E-state index in [1.54, 1.807) is 25.2 Å². The van der Waals surface area contributed by atoms with Crippen LogP contribution in [0.5, 0.6) is 5.75 Å². The highest BCUT2D eigenvalue weighted by atomic mass is 32.3. The smallest absolute Gasteiger partial charge is 0.277 e. The number of nitrogens with two attached hydrogens (primary N) is 1. The molecule has 3 heterocycles. The van der Waals surface area contributed by atoms with Gasteiger partial charge in [0, 0.05) is 50.2 Å². The predicted octanol–water partition coefficient (Wildman–Crippen LogP) is -1.43. The van der Waals surface area contributed by atoms with E-state index in [0.29, 0.717) is 61.6 Å². The van der Waals surface area contributed by atoms with Crippen LogP contribution < -0.4 is 16.0 Å². The zero-order valence-electron chi connectivity index (χ0n) is 25.0. The van der Waals surface area contributed by atoms with Crippen molar-refractivity contribution in [2.75, 3.05) is 53.0 Å². The number of nitrogens with one attached hydrogen (secondary N) is 1. The molecular formula is C25H39N7O10S2-2. The minimum atomic E-state index is -5.17. The first kappa shape index (κ1) is 37.2. The third-order valence-corrected chi connectivity index (χ3v) is 8.23. The van der Waals surface area contributed by atoms with Crippen LogP contribution in [0.15, 0.2) is 27.9 Å². The van der Waals surface area contributed by atoms with Crippen molar-refractivity contribution in [2.24, 2.45) is 12.8 Å². The second kappa shape index (κ2) is 16.3. The molecule has 1 saturated heterocycles. The Morgan fingerprint density at radius 1 is 1.11 bits per heavy atom. The van der Waals surface area contributed by atoms with Gasteiger partial charge in [0.2, 0.25) is 10.0 Å². The van der Waals surface area contributed by atoms with Gasteiger partial charge in [0.05, 0.1) is 35.5 Å². The van der Waals surface area contributed by atoms with Crippen molar-refractivity contribution < 1.29 is 40.9 Å². The molecule has 19 heteroatoms. The summed E-state index contributed by atoms with van der Waals surface area (Å²) in [5.41, 5.74) is 6.62. The number of aromatic nitrogens is 4. The predicted molar refractivity (Wildman–Crippen MR) is 159 cm³/mol. The van der Waals surface area contributed by atoms with Crippen molar-refractivity contribution in [3.8, 4) is 17.1 Å². The third kappa shape index (κ3) is 10.3. The van der Waals surface area contributed by atoms with E-state index in [2.05, 4.69) is 15.0 Å². The van der Waals surface area contributed by atoms with Crippen LogP contribution in [0.3, 0.4) is 0 Å². The first-order valence-electron chi connectivity index (χ1n) is 13.6. The topological polar surface area (TPSA) is 260 Å². The molecule has 3 aromatic rings. The molecular weight excluding hydrogens is 622 g/mol. The molecule has 1 atom stereocenters. The van der Waals surface area contributed by atoms with Gasteiger partial charge >= 0.3 is 0 Å². The minimum absolute atomic E-state index is 0.135. The molecule has 0 bridgehead atoms. The normalized spacial score (nSPS) is 15.2. The van der Waals surface area contributed by atoms with Crippen LogP contribution in [0.1, 0.15) is 26.0 Å². The monoisotopic (exact) mass is 661 g/mol. The number of aromatic amines is 1. The lowest BCUT2D eigenvalue weighted by Gasteiger charge is -2.31. The van der Waals surface area contributed by atoms with E-state index in [1.165, 1.54) is 8.99 Å². The molecule has 0 amide bonds. The van der Waals surface area contributed by atoms with Gasteiger partial charge in [-0.2, -0.15) is 9.40 Å². The van der Waals surface area contributed by atoms with E-state index in [4.69, 9.17) is 43.2 Å². The molecule has 1 aromatic carbocycles. The van der Waals surface area contributed by atoms with Gasteiger partial charge in [0.1, 0.15) is 17.1 Å². The van der Waals surface area contributed by atoms with Crippen LogP contribution in [0, 0.1) is 0 Å². The number of fused-ring (bicyclic) bond motifs is 1. The second-order valence-corrected chi connectivity index (χ2v) is 12.5. The number of nitrogens with zero attached hydrogens (tertiary/aromatic N) is 5. The first-order chi connectivity index (χ1) is 20.6. The van der Waals surface area contributed by atoms with Crippen molar-refractivity contribution in [1.29, 1.82) is 0 Å². The Kier molecular flexibility index (Phi) is 13.8. The molecule has 5 N–H and O–H groups in total. The SMILES string of the molecule is CCCc1nn(C)c2c(=O)[nH]c(-c3cc(S(=O)(=O)N4CCN(C)CC4)ccc3OCC)nc12.NCC(O)CO.O=S(=O)([O-])[O-]. The summed E-state index contributed by atoms with van der Waals surface area (Å²) in [6.07, 6.45) is 0.812. The maximum Gasteiger partial charge on any atom is 0.277 e. The Morgan fingerprint density at radius 2 is 1.73 bits per heavy atom. The zero-order chi connectivity index (χ0) is 33.2. The highest BCUT2D eigenvalue weighted by Gasteiger charge is 2.29. The summed E-state index contributed by atoms with van der Waals surface area (Å²) >= 11 is 0. The summed E-state index contributed by atoms with van der Waals surface area (Å²) < 4.78 is 69.5. The van der Waals surface area contributed by atoms with Crippen molar-refractivity contribution in [3.63, 3.8) is 0 Å². The maximum absolute atomic E-state index is 13.3. The summed E-state index contributed by atoms with van der Waals surface area (Å²) in [4.78, 5) is 22.7. The molecule has 1 fully saturated rings. The lowest BCUT2D eigenvalue weighted by Crippen LogP contribution is -2.47. The number of rotatable bonds is 9. The highest BCUT2D eigenvalue weighted by Crippen LogP contribution is 2.32. The van der Waals surface area contributed by atoms with E-state index in [-0.39, 0.29) is 29.4 Å². The van der Waals surface area contributed by atoms with Crippen LogP contribution in [-0.4, -0.2) is 124 Å². The number of H-pyrrole nitrogens is 1. The number of likely N-dealkylation sites (N-methyl/N-ethyl adjacent to an activating group) is 1. The number of ether oxygens (including phenoxy) is 1. The minimum Gasteiger partial charge on any atom is -0.759 e. The molecule has 0 saturated carbocycles. The zero-order valence-corrected chi connectivity index (χ0v) is 26.6. The molecule has 0 aliphatic carbocycles. The van der Waals surface area contributed by atoms with Crippen LogP contribution in [0.4, 0.5) is 0 Å². The number of hydrogen-bond donors (Lipinski definition) is 4. The average Bonchev–Trinajstić information content (AvgIpc) is 3.28. The summed E-state index contributed by atoms with van der Waals surface area (Å²) in [6, 6.07) is 4.71. The van der Waals surface area contributed by atoms with Gasteiger partial charge in [-0.25, -0.2) is 13.4 Å². The van der Waals surface area contributed by atoms with Crippen molar-refractivity contribution >= 4 is 31.5 Å². The lowest BCUT2D eigenvalue weighted by molar-refractivity contribution is 0.102. The molecule has 44 heavy (non-hydrogen) atoms. The fourth-order valence-corrected chi connectivity index (χ4v) is 5.62. The first-order valence-corrected chi connectivity index (χ1v) is 16.4. The van der Waals surface area contributed by atoms with Gasteiger partial charge in [0.15, 0.2) is 5.52 Å². The van der Waals surface area contributed by atoms with Crippen LogP contribution in [0.25, 0.3) is 22.4 Å². The van der Waals surface area contributed by atoms with Gasteiger partial charge in [-0.15, -0.1) is 0 Å². The highest BCUT2D eigenvalue weighted by molar-refractivity contribution is 7.89. The van der Waals surface area contributed by atoms with Gasteiger partial charge in [-0.05, 0) is 38.6 Å². The van der Waals surface area contributed by atoms with E-state index in [9.17, 15) is 13.2 Å². The van der Waals surface area contributed by atoms with Gasteiger partial charge in [-0.1, -0.05) is 13.3 Å². The number of aliphatic hydroxyl groups excluding tert-OH is 2. The van der Waals surface area contributed by atoms with Crippen LogP contribution in [0.2, 0.25) is 0 Å². The molecule has 0 radical (unpaired) electrons. The molecule has 1 unspecified atom stereocenters. The van der Waals surface area contributed by atoms with E-state index in [1.807, 2.05) is 20.9 Å². The van der Waals surface area contributed by atoms with Crippen molar-refractivity contribution in [2.45, 2.75) is 37.7 Å². The number of sulfonamides is 1. The number of aliphatic hydroxyl groups is 2. The largest absolute Gasteiger partial charge is 0.759 e. The summed E-state index contributed by atoms with van der Waals surface area (Å²) in [6.45, 7) is 6.38. The van der Waals surface area contributed by atoms with Gasteiger partial charge in [-0.3, -0.25) is 17.9 Å². The van der Waals surface area contributed by atoms with E-state index in [0.717, 1.165) is 12.1 Å². The van der Waals surface area contributed by atoms with Gasteiger partial charge < -0.3 is 39.7 Å². The molecule has 1 aliphatic rings. The van der Waals surface area contributed by atoms with Gasteiger partial charge in [0.25, 0.3) is 5.56 Å². The lowest BCUT2D eigenvalue weighted by atomic mass is 10.1. The molecule has 4 rings (SSSR count).